The number of fused-ring (bicyclic) bond motifs is 2. The van der Waals surface area contributed by atoms with Gasteiger partial charge < -0.3 is 24.3 Å². The van der Waals surface area contributed by atoms with E-state index in [2.05, 4.69) is 32.1 Å². The van der Waals surface area contributed by atoms with Gasteiger partial charge in [-0.3, -0.25) is 0 Å². The number of benzene rings is 2. The first-order valence-corrected chi connectivity index (χ1v) is 10.3. The van der Waals surface area contributed by atoms with Gasteiger partial charge in [-0.15, -0.1) is 49.7 Å². The van der Waals surface area contributed by atoms with Crippen molar-refractivity contribution >= 4 is 34.6 Å². The summed E-state index contributed by atoms with van der Waals surface area (Å²) in [6.45, 7) is 3.84. The van der Waals surface area contributed by atoms with Crippen LogP contribution in [0.1, 0.15) is 0 Å². The van der Waals surface area contributed by atoms with Crippen LogP contribution in [-0.2, 0) is 21.1 Å². The minimum atomic E-state index is 0. The molecule has 4 heterocycles. The second-order valence-corrected chi connectivity index (χ2v) is 7.50. The second-order valence-electron chi connectivity index (χ2n) is 7.50. The van der Waals surface area contributed by atoms with Crippen LogP contribution in [0.4, 0.5) is 34.6 Å². The molecule has 170 valence electrons. The molecule has 34 heavy (non-hydrogen) atoms. The molecule has 6 rings (SSSR count). The number of ether oxygens (including phenoxy) is 1. The topological polar surface area (TPSA) is 73.8 Å². The SMILES string of the molecule is CN1[CH-]N(c2[c-]c(Oc3[c-]c(N4[CH-]N(C)c5nccnc54)ccc3)ccc2)c2nccnc21.[Pt+4]. The average molecular weight is 630 g/mol. The molecule has 0 radical (unpaired) electrons. The summed E-state index contributed by atoms with van der Waals surface area (Å²) >= 11 is 0. The van der Waals surface area contributed by atoms with Crippen LogP contribution < -0.4 is 24.3 Å². The van der Waals surface area contributed by atoms with Crippen LogP contribution in [0.5, 0.6) is 11.5 Å². The van der Waals surface area contributed by atoms with Crippen molar-refractivity contribution in [1.29, 1.82) is 0 Å². The Bertz CT molecular complexity index is 1230. The molecule has 2 aromatic carbocycles. The van der Waals surface area contributed by atoms with Gasteiger partial charge in [-0.25, -0.2) is 19.9 Å². The fraction of sp³-hybridized carbons (Fsp3) is 0.0833. The van der Waals surface area contributed by atoms with Crippen LogP contribution in [0.25, 0.3) is 0 Å². The summed E-state index contributed by atoms with van der Waals surface area (Å²) in [6.07, 6.45) is 6.71. The molecule has 4 aromatic rings. The summed E-state index contributed by atoms with van der Waals surface area (Å²) in [5.74, 6) is 4.20. The van der Waals surface area contributed by atoms with E-state index in [-0.39, 0.29) is 21.1 Å². The molecule has 0 unspecified atom stereocenters. The van der Waals surface area contributed by atoms with Gasteiger partial charge in [0.25, 0.3) is 0 Å². The van der Waals surface area contributed by atoms with Crippen molar-refractivity contribution in [2.75, 3.05) is 33.7 Å². The van der Waals surface area contributed by atoms with Gasteiger partial charge in [0.05, 0.1) is 0 Å². The van der Waals surface area contributed by atoms with Crippen molar-refractivity contribution in [3.63, 3.8) is 0 Å². The molecule has 2 aromatic heterocycles. The van der Waals surface area contributed by atoms with Crippen LogP contribution >= 0.6 is 0 Å². The molecule has 0 N–H and O–H groups in total. The van der Waals surface area contributed by atoms with E-state index in [1.807, 2.05) is 83.4 Å². The number of hydrogen-bond donors (Lipinski definition) is 0. The van der Waals surface area contributed by atoms with Crippen LogP contribution in [0, 0.1) is 25.5 Å². The molecule has 0 saturated heterocycles. The van der Waals surface area contributed by atoms with Gasteiger partial charge in [0.1, 0.15) is 23.3 Å². The molecule has 10 heteroatoms. The van der Waals surface area contributed by atoms with Crippen molar-refractivity contribution in [2.45, 2.75) is 0 Å². The Kier molecular flexibility index (Phi) is 5.79. The van der Waals surface area contributed by atoms with Crippen molar-refractivity contribution in [2.24, 2.45) is 0 Å². The third-order valence-electron chi connectivity index (χ3n) is 5.27. The quantitative estimate of drug-likeness (QED) is 0.311. The van der Waals surface area contributed by atoms with E-state index in [9.17, 15) is 0 Å². The van der Waals surface area contributed by atoms with Crippen LogP contribution in [0.3, 0.4) is 0 Å². The van der Waals surface area contributed by atoms with Gasteiger partial charge in [-0.2, -0.15) is 12.1 Å². The third-order valence-corrected chi connectivity index (χ3v) is 5.27. The number of aromatic nitrogens is 4. The maximum Gasteiger partial charge on any atom is 4.00 e. The predicted octanol–water partition coefficient (Wildman–Crippen LogP) is 4.07. The van der Waals surface area contributed by atoms with Gasteiger partial charge in [-0.05, 0) is 14.1 Å². The fourth-order valence-electron chi connectivity index (χ4n) is 3.79. The summed E-state index contributed by atoms with van der Waals surface area (Å²) in [7, 11) is 3.87. The van der Waals surface area contributed by atoms with Crippen LogP contribution in [0.2, 0.25) is 0 Å². The Hall–Kier alpha value is -3.71. The number of nitrogens with zero attached hydrogens (tertiary/aromatic N) is 8. The minimum absolute atomic E-state index is 0. The molecule has 2 aliphatic heterocycles. The van der Waals surface area contributed by atoms with Gasteiger partial charge >= 0.3 is 21.1 Å². The monoisotopic (exact) mass is 629 g/mol. The van der Waals surface area contributed by atoms with Crippen molar-refractivity contribution < 1.29 is 25.8 Å². The van der Waals surface area contributed by atoms with Crippen molar-refractivity contribution in [3.8, 4) is 11.5 Å². The van der Waals surface area contributed by atoms with Crippen LogP contribution in [0.15, 0.2) is 61.2 Å². The van der Waals surface area contributed by atoms with Gasteiger partial charge in [0, 0.05) is 36.3 Å². The van der Waals surface area contributed by atoms with E-state index in [4.69, 9.17) is 4.74 Å². The second kappa shape index (κ2) is 8.91. The van der Waals surface area contributed by atoms with Gasteiger partial charge in [0.2, 0.25) is 0 Å². The summed E-state index contributed by atoms with van der Waals surface area (Å²) in [5, 5.41) is 0. The molecule has 0 saturated carbocycles. The standard InChI is InChI=1S/C24H18N8O.Pt/c1-29-15-31(23-21(29)25-9-11-27-23)17-5-3-7-19(13-17)33-20-8-4-6-18(14-20)32-16-30(2)22-24(32)28-12-10-26-22;/h3-12,15-16H,1-2H3;/q-4;+4. The molecular formula is C24H18N8OPt. The first-order valence-electron chi connectivity index (χ1n) is 10.3. The zero-order valence-electron chi connectivity index (χ0n) is 18.2. The van der Waals surface area contributed by atoms with Gasteiger partial charge in [-0.1, -0.05) is 11.4 Å². The number of anilines is 6. The maximum atomic E-state index is 6.12. The molecular weight excluding hydrogens is 611 g/mol. The van der Waals surface area contributed by atoms with E-state index in [0.29, 0.717) is 11.5 Å². The summed E-state index contributed by atoms with van der Waals surface area (Å²) in [5.41, 5.74) is 1.60. The average Bonchev–Trinajstić information content (AvgIpc) is 3.37. The van der Waals surface area contributed by atoms with Crippen molar-refractivity contribution in [3.05, 3.63) is 86.7 Å². The molecule has 9 nitrogen and oxygen atoms in total. The Morgan fingerprint density at radius 1 is 0.647 bits per heavy atom. The number of rotatable bonds is 4. The molecule has 0 fully saturated rings. The fourth-order valence-corrected chi connectivity index (χ4v) is 3.79. The van der Waals surface area contributed by atoms with E-state index >= 15 is 0 Å². The summed E-state index contributed by atoms with van der Waals surface area (Å²) < 4.78 is 6.12. The smallest absolute Gasteiger partial charge is 0.509 e. The minimum Gasteiger partial charge on any atom is -0.509 e. The van der Waals surface area contributed by atoms with Crippen molar-refractivity contribution in [1.82, 2.24) is 19.9 Å². The normalized spacial score (nSPS) is 14.1. The Morgan fingerprint density at radius 2 is 1.06 bits per heavy atom. The summed E-state index contributed by atoms with van der Waals surface area (Å²) in [6, 6.07) is 18.1. The molecule has 0 bridgehead atoms. The molecule has 0 aliphatic carbocycles. The van der Waals surface area contributed by atoms with E-state index in [1.54, 1.807) is 24.8 Å². The van der Waals surface area contributed by atoms with E-state index in [0.717, 1.165) is 34.6 Å². The molecule has 0 atom stereocenters. The van der Waals surface area contributed by atoms with E-state index in [1.165, 1.54) is 0 Å². The molecule has 0 spiro atoms. The van der Waals surface area contributed by atoms with Gasteiger partial charge in [0.15, 0.2) is 0 Å². The molecule has 2 aliphatic rings. The maximum absolute atomic E-state index is 6.12. The van der Waals surface area contributed by atoms with Crippen LogP contribution in [-0.4, -0.2) is 34.0 Å². The number of hydrogen-bond acceptors (Lipinski definition) is 9. The first-order chi connectivity index (χ1) is 16.2. The zero-order valence-corrected chi connectivity index (χ0v) is 20.5. The largest absolute Gasteiger partial charge is 4.00 e. The Balaban J connectivity index is 0.00000241. The van der Waals surface area contributed by atoms with E-state index < -0.39 is 0 Å². The molecule has 0 amide bonds. The first kappa shape index (κ1) is 22.1. The Labute approximate surface area is 211 Å². The Morgan fingerprint density at radius 3 is 1.50 bits per heavy atom. The summed E-state index contributed by atoms with van der Waals surface area (Å²) in [4.78, 5) is 25.4. The zero-order chi connectivity index (χ0) is 22.4. The third kappa shape index (κ3) is 3.82. The predicted molar refractivity (Wildman–Crippen MR) is 124 cm³/mol.